The number of hydrogen-bond acceptors (Lipinski definition) is 4. The molecule has 116 valence electrons. The Balaban J connectivity index is 2.26. The molecule has 0 spiro atoms. The van der Waals surface area contributed by atoms with Gasteiger partial charge in [0.05, 0.1) is 10.5 Å². The van der Waals surface area contributed by atoms with Gasteiger partial charge in [0.25, 0.3) is 0 Å². The lowest BCUT2D eigenvalue weighted by Gasteiger charge is -2.23. The molecule has 2 rings (SSSR count). The first-order valence-electron chi connectivity index (χ1n) is 6.51. The average molecular weight is 331 g/mol. The van der Waals surface area contributed by atoms with Gasteiger partial charge in [-0.3, -0.25) is 4.21 Å². The van der Waals surface area contributed by atoms with Crippen molar-refractivity contribution in [2.75, 3.05) is 11.5 Å². The van der Waals surface area contributed by atoms with Crippen LogP contribution in [0.1, 0.15) is 28.8 Å². The third kappa shape index (κ3) is 3.69. The summed E-state index contributed by atoms with van der Waals surface area (Å²) in [7, 11) is -4.64. The van der Waals surface area contributed by atoms with E-state index in [1.807, 2.05) is 0 Å². The van der Waals surface area contributed by atoms with E-state index in [9.17, 15) is 17.4 Å². The highest BCUT2D eigenvalue weighted by Crippen LogP contribution is 2.20. The van der Waals surface area contributed by atoms with Crippen LogP contribution in [0.15, 0.2) is 23.1 Å². The van der Waals surface area contributed by atoms with Gasteiger partial charge in [0.15, 0.2) is 0 Å². The minimum atomic E-state index is -3.78. The lowest BCUT2D eigenvalue weighted by molar-refractivity contribution is 0.0696. The zero-order chi connectivity index (χ0) is 15.6. The van der Waals surface area contributed by atoms with Crippen LogP contribution in [-0.4, -0.2) is 41.3 Å². The van der Waals surface area contributed by atoms with Crippen LogP contribution in [0.2, 0.25) is 0 Å². The van der Waals surface area contributed by atoms with Crippen LogP contribution in [0.4, 0.5) is 0 Å². The molecule has 0 aliphatic carbocycles. The Morgan fingerprint density at radius 2 is 1.95 bits per heavy atom. The van der Waals surface area contributed by atoms with E-state index in [0.717, 1.165) is 0 Å². The van der Waals surface area contributed by atoms with Gasteiger partial charge in [-0.2, -0.15) is 0 Å². The van der Waals surface area contributed by atoms with Gasteiger partial charge in [0.2, 0.25) is 10.0 Å². The van der Waals surface area contributed by atoms with Crippen molar-refractivity contribution in [1.29, 1.82) is 0 Å². The molecule has 1 aromatic rings. The van der Waals surface area contributed by atoms with Crippen molar-refractivity contribution >= 4 is 26.8 Å². The summed E-state index contributed by atoms with van der Waals surface area (Å²) in [5.74, 6) is -0.180. The van der Waals surface area contributed by atoms with E-state index in [-0.39, 0.29) is 22.1 Å². The molecular weight excluding hydrogens is 314 g/mol. The van der Waals surface area contributed by atoms with Gasteiger partial charge in [-0.05, 0) is 37.5 Å². The topological polar surface area (TPSA) is 101 Å². The molecule has 1 aliphatic heterocycles. The largest absolute Gasteiger partial charge is 0.478 e. The van der Waals surface area contributed by atoms with Crippen molar-refractivity contribution in [2.45, 2.75) is 30.7 Å². The molecule has 1 fully saturated rings. The molecule has 21 heavy (non-hydrogen) atoms. The fourth-order valence-corrected chi connectivity index (χ4v) is 5.20. The average Bonchev–Trinajstić information content (AvgIpc) is 2.41. The van der Waals surface area contributed by atoms with E-state index in [1.54, 1.807) is 0 Å². The van der Waals surface area contributed by atoms with E-state index in [0.29, 0.717) is 24.3 Å². The van der Waals surface area contributed by atoms with Gasteiger partial charge in [-0.25, -0.2) is 17.9 Å². The van der Waals surface area contributed by atoms with Crippen LogP contribution in [-0.2, 0) is 20.8 Å². The molecule has 1 heterocycles. The zero-order valence-electron chi connectivity index (χ0n) is 11.5. The number of carboxylic acids is 1. The van der Waals surface area contributed by atoms with Crippen molar-refractivity contribution in [3.63, 3.8) is 0 Å². The van der Waals surface area contributed by atoms with E-state index in [1.165, 1.54) is 25.1 Å². The van der Waals surface area contributed by atoms with E-state index in [2.05, 4.69) is 4.72 Å². The number of carboxylic acid groups (broad SMARTS) is 1. The van der Waals surface area contributed by atoms with Gasteiger partial charge in [-0.15, -0.1) is 0 Å². The molecule has 0 saturated carbocycles. The van der Waals surface area contributed by atoms with Crippen molar-refractivity contribution in [2.24, 2.45) is 0 Å². The Morgan fingerprint density at radius 1 is 1.33 bits per heavy atom. The molecule has 0 radical (unpaired) electrons. The van der Waals surface area contributed by atoms with Crippen LogP contribution in [0, 0.1) is 6.92 Å². The van der Waals surface area contributed by atoms with E-state index >= 15 is 0 Å². The maximum atomic E-state index is 12.4. The minimum Gasteiger partial charge on any atom is -0.478 e. The van der Waals surface area contributed by atoms with Crippen molar-refractivity contribution in [1.82, 2.24) is 4.72 Å². The quantitative estimate of drug-likeness (QED) is 0.853. The number of benzene rings is 1. The number of nitrogens with one attached hydrogen (secondary N) is 1. The molecule has 2 N–H and O–H groups in total. The monoisotopic (exact) mass is 331 g/mol. The molecular formula is C13H17NO5S2. The molecule has 1 aliphatic rings. The number of aromatic carboxylic acids is 1. The summed E-state index contributed by atoms with van der Waals surface area (Å²) in [5, 5.41) is 9.06. The molecule has 0 unspecified atom stereocenters. The summed E-state index contributed by atoms with van der Waals surface area (Å²) in [6, 6.07) is 3.94. The first kappa shape index (κ1) is 16.1. The molecule has 0 bridgehead atoms. The molecule has 8 heteroatoms. The second kappa shape index (κ2) is 6.25. The summed E-state index contributed by atoms with van der Waals surface area (Å²) in [5.41, 5.74) is 0.194. The Hall–Kier alpha value is -1.25. The first-order valence-corrected chi connectivity index (χ1v) is 9.48. The van der Waals surface area contributed by atoms with Crippen LogP contribution in [0.3, 0.4) is 0 Å². The normalized spacial score (nSPS) is 22.9. The van der Waals surface area contributed by atoms with Gasteiger partial charge in [0.1, 0.15) is 0 Å². The molecule has 1 aromatic carbocycles. The molecule has 1 saturated heterocycles. The lowest BCUT2D eigenvalue weighted by Crippen LogP contribution is -2.39. The van der Waals surface area contributed by atoms with E-state index in [4.69, 9.17) is 5.11 Å². The van der Waals surface area contributed by atoms with Gasteiger partial charge in [-0.1, -0.05) is 6.07 Å². The second-order valence-electron chi connectivity index (χ2n) is 4.98. The highest BCUT2D eigenvalue weighted by molar-refractivity contribution is 7.89. The third-order valence-corrected chi connectivity index (χ3v) is 6.56. The molecule has 0 aromatic heterocycles. The Labute approximate surface area is 126 Å². The predicted octanol–water partition coefficient (Wildman–Crippen LogP) is 0.883. The Bertz CT molecular complexity index is 674. The lowest BCUT2D eigenvalue weighted by atomic mass is 10.1. The summed E-state index contributed by atoms with van der Waals surface area (Å²) in [6.45, 7) is 1.48. The van der Waals surface area contributed by atoms with Gasteiger partial charge >= 0.3 is 5.97 Å². The van der Waals surface area contributed by atoms with Crippen molar-refractivity contribution in [3.8, 4) is 0 Å². The summed E-state index contributed by atoms with van der Waals surface area (Å²) in [6.07, 6.45) is 1.06. The highest BCUT2D eigenvalue weighted by atomic mass is 32.2. The zero-order valence-corrected chi connectivity index (χ0v) is 13.2. The number of rotatable bonds is 4. The molecule has 0 atom stereocenters. The second-order valence-corrected chi connectivity index (χ2v) is 8.36. The first-order chi connectivity index (χ1) is 9.81. The fraction of sp³-hybridized carbons (Fsp3) is 0.462. The van der Waals surface area contributed by atoms with Gasteiger partial charge in [0, 0.05) is 28.3 Å². The van der Waals surface area contributed by atoms with Crippen LogP contribution in [0.5, 0.6) is 0 Å². The summed E-state index contributed by atoms with van der Waals surface area (Å²) in [4.78, 5) is 11.1. The number of carbonyl (C=O) groups is 1. The summed E-state index contributed by atoms with van der Waals surface area (Å²) >= 11 is 0. The molecule has 6 nitrogen and oxygen atoms in total. The standard InChI is InChI=1S/C13H17NO5S2/c1-9-11(13(15)16)3-2-4-12(9)21(18,19)14-10-5-7-20(17)8-6-10/h2-4,10,14H,5-8H2,1H3,(H,15,16). The number of hydrogen-bond donors (Lipinski definition) is 2. The van der Waals surface area contributed by atoms with Crippen LogP contribution < -0.4 is 4.72 Å². The molecule has 0 amide bonds. The number of sulfonamides is 1. The third-order valence-electron chi connectivity index (χ3n) is 3.51. The van der Waals surface area contributed by atoms with E-state index < -0.39 is 26.8 Å². The Kier molecular flexibility index (Phi) is 4.80. The van der Waals surface area contributed by atoms with Crippen LogP contribution in [0.25, 0.3) is 0 Å². The Morgan fingerprint density at radius 3 is 2.52 bits per heavy atom. The van der Waals surface area contributed by atoms with Gasteiger partial charge < -0.3 is 5.11 Å². The predicted molar refractivity (Wildman–Crippen MR) is 79.4 cm³/mol. The minimum absolute atomic E-state index is 0.0194. The van der Waals surface area contributed by atoms with Crippen molar-refractivity contribution < 1.29 is 22.5 Å². The maximum absolute atomic E-state index is 12.4. The highest BCUT2D eigenvalue weighted by Gasteiger charge is 2.26. The summed E-state index contributed by atoms with van der Waals surface area (Å²) < 4.78 is 38.7. The van der Waals surface area contributed by atoms with Crippen molar-refractivity contribution in [3.05, 3.63) is 29.3 Å². The SMILES string of the molecule is Cc1c(C(=O)O)cccc1S(=O)(=O)NC1CCS(=O)CC1. The van der Waals surface area contributed by atoms with Crippen LogP contribution >= 0.6 is 0 Å². The smallest absolute Gasteiger partial charge is 0.335 e. The fourth-order valence-electron chi connectivity index (χ4n) is 2.33. The maximum Gasteiger partial charge on any atom is 0.335 e.